The zero-order valence-corrected chi connectivity index (χ0v) is 9.83. The minimum Gasteiger partial charge on any atom is -0.310 e. The second kappa shape index (κ2) is 5.64. The van der Waals surface area contributed by atoms with E-state index in [0.29, 0.717) is 18.2 Å². The number of nitrogens with one attached hydrogen (secondary N) is 1. The number of hydrogen-bond acceptors (Lipinski definition) is 2. The third kappa shape index (κ3) is 3.19. The first-order chi connectivity index (χ1) is 7.75. The molecule has 4 heteroatoms. The van der Waals surface area contributed by atoms with Crippen LogP contribution in [0.1, 0.15) is 18.4 Å². The average Bonchev–Trinajstić information content (AvgIpc) is 2.32. The number of hydrogen-bond donors (Lipinski definition) is 1. The van der Waals surface area contributed by atoms with Crippen molar-refractivity contribution in [3.05, 3.63) is 35.4 Å². The topological polar surface area (TPSA) is 12.0 Å². The molecule has 0 bridgehead atoms. The number of benzene rings is 1. The molecule has 1 fully saturated rings. The van der Waals surface area contributed by atoms with Crippen LogP contribution in [0.25, 0.3) is 0 Å². The van der Waals surface area contributed by atoms with Gasteiger partial charge in [0.1, 0.15) is 11.6 Å². The van der Waals surface area contributed by atoms with Crippen molar-refractivity contribution in [1.82, 2.24) is 5.32 Å². The molecule has 1 aliphatic rings. The summed E-state index contributed by atoms with van der Waals surface area (Å²) in [7, 11) is 0. The normalized spacial score (nSPS) is 17.6. The van der Waals surface area contributed by atoms with Gasteiger partial charge in [0.05, 0.1) is 0 Å². The van der Waals surface area contributed by atoms with Gasteiger partial charge in [-0.25, -0.2) is 8.78 Å². The predicted molar refractivity (Wildman–Crippen MR) is 63.5 cm³/mol. The van der Waals surface area contributed by atoms with Crippen LogP contribution >= 0.6 is 11.8 Å². The lowest BCUT2D eigenvalue weighted by Gasteiger charge is -2.22. The summed E-state index contributed by atoms with van der Waals surface area (Å²) in [5.74, 6) is 1.60. The van der Waals surface area contributed by atoms with Crippen LogP contribution < -0.4 is 5.32 Å². The maximum Gasteiger partial charge on any atom is 0.127 e. The van der Waals surface area contributed by atoms with E-state index in [9.17, 15) is 8.78 Å². The summed E-state index contributed by atoms with van der Waals surface area (Å²) >= 11 is 1.95. The molecule has 16 heavy (non-hydrogen) atoms. The Bertz CT molecular complexity index is 351. The summed E-state index contributed by atoms with van der Waals surface area (Å²) in [5.41, 5.74) is 0.415. The molecule has 0 atom stereocenters. The molecule has 1 aromatic rings. The Morgan fingerprint density at radius 2 is 2.00 bits per heavy atom. The molecule has 0 amide bonds. The molecule has 0 aliphatic carbocycles. The van der Waals surface area contributed by atoms with E-state index in [1.54, 1.807) is 0 Å². The standard InChI is InChI=1S/C12H15F2NS/c13-10-1-2-12(14)9(7-10)8-15-11-3-5-16-6-4-11/h1-2,7,11,15H,3-6,8H2. The molecule has 0 saturated carbocycles. The minimum atomic E-state index is -0.377. The van der Waals surface area contributed by atoms with Crippen molar-refractivity contribution in [2.45, 2.75) is 25.4 Å². The summed E-state index contributed by atoms with van der Waals surface area (Å²) in [4.78, 5) is 0. The van der Waals surface area contributed by atoms with Crippen LogP contribution in [0.15, 0.2) is 18.2 Å². The highest BCUT2D eigenvalue weighted by Crippen LogP contribution is 2.18. The smallest absolute Gasteiger partial charge is 0.127 e. The van der Waals surface area contributed by atoms with Crippen molar-refractivity contribution >= 4 is 11.8 Å². The first kappa shape index (κ1) is 11.9. The van der Waals surface area contributed by atoms with E-state index >= 15 is 0 Å². The van der Waals surface area contributed by atoms with Crippen molar-refractivity contribution in [3.8, 4) is 0 Å². The van der Waals surface area contributed by atoms with E-state index in [4.69, 9.17) is 0 Å². The quantitative estimate of drug-likeness (QED) is 0.876. The highest BCUT2D eigenvalue weighted by molar-refractivity contribution is 7.99. The number of rotatable bonds is 3. The molecule has 0 radical (unpaired) electrons. The average molecular weight is 243 g/mol. The fourth-order valence-corrected chi connectivity index (χ4v) is 2.94. The molecule has 1 heterocycles. The van der Waals surface area contributed by atoms with Crippen molar-refractivity contribution in [2.75, 3.05) is 11.5 Å². The SMILES string of the molecule is Fc1ccc(F)c(CNC2CCSCC2)c1. The van der Waals surface area contributed by atoms with Crippen LogP contribution in [0.5, 0.6) is 0 Å². The lowest BCUT2D eigenvalue weighted by Crippen LogP contribution is -2.32. The van der Waals surface area contributed by atoms with Gasteiger partial charge in [-0.2, -0.15) is 11.8 Å². The molecule has 1 aromatic carbocycles. The molecule has 0 aromatic heterocycles. The molecular weight excluding hydrogens is 228 g/mol. The first-order valence-corrected chi connectivity index (χ1v) is 6.66. The van der Waals surface area contributed by atoms with Crippen molar-refractivity contribution in [3.63, 3.8) is 0 Å². The molecule has 1 saturated heterocycles. The van der Waals surface area contributed by atoms with Crippen LogP contribution in [0.3, 0.4) is 0 Å². The molecule has 88 valence electrons. The van der Waals surface area contributed by atoms with Gasteiger partial charge in [0.2, 0.25) is 0 Å². The third-order valence-electron chi connectivity index (χ3n) is 2.81. The highest BCUT2D eigenvalue weighted by atomic mass is 32.2. The Morgan fingerprint density at radius 1 is 1.25 bits per heavy atom. The van der Waals surface area contributed by atoms with Crippen molar-refractivity contribution in [1.29, 1.82) is 0 Å². The maximum absolute atomic E-state index is 13.3. The van der Waals surface area contributed by atoms with E-state index in [-0.39, 0.29) is 11.6 Å². The Kier molecular flexibility index (Phi) is 4.18. The van der Waals surface area contributed by atoms with E-state index in [2.05, 4.69) is 5.32 Å². The third-order valence-corrected chi connectivity index (χ3v) is 3.86. The van der Waals surface area contributed by atoms with Crippen LogP contribution in [0.4, 0.5) is 8.78 Å². The van der Waals surface area contributed by atoms with Gasteiger partial charge in [-0.3, -0.25) is 0 Å². The van der Waals surface area contributed by atoms with Crippen LogP contribution in [0.2, 0.25) is 0 Å². The zero-order valence-electron chi connectivity index (χ0n) is 9.01. The summed E-state index contributed by atoms with van der Waals surface area (Å²) in [5, 5.41) is 3.29. The van der Waals surface area contributed by atoms with Gasteiger partial charge >= 0.3 is 0 Å². The minimum absolute atomic E-state index is 0.334. The fourth-order valence-electron chi connectivity index (χ4n) is 1.83. The number of thioether (sulfide) groups is 1. The van der Waals surface area contributed by atoms with Gasteiger partial charge in [0.25, 0.3) is 0 Å². The Morgan fingerprint density at radius 3 is 2.75 bits per heavy atom. The van der Waals surface area contributed by atoms with E-state index in [0.717, 1.165) is 30.4 Å². The Hall–Kier alpha value is -0.610. The van der Waals surface area contributed by atoms with Gasteiger partial charge < -0.3 is 5.32 Å². The molecule has 1 N–H and O–H groups in total. The largest absolute Gasteiger partial charge is 0.310 e. The second-order valence-corrected chi connectivity index (χ2v) is 5.23. The molecule has 1 aliphatic heterocycles. The van der Waals surface area contributed by atoms with Gasteiger partial charge in [0.15, 0.2) is 0 Å². The van der Waals surface area contributed by atoms with Crippen molar-refractivity contribution < 1.29 is 8.78 Å². The zero-order chi connectivity index (χ0) is 11.4. The lowest BCUT2D eigenvalue weighted by atomic mass is 10.1. The van der Waals surface area contributed by atoms with Gasteiger partial charge in [0, 0.05) is 18.2 Å². The van der Waals surface area contributed by atoms with Gasteiger partial charge in [-0.15, -0.1) is 0 Å². The first-order valence-electron chi connectivity index (χ1n) is 5.51. The summed E-state index contributed by atoms with van der Waals surface area (Å²) in [6, 6.07) is 4.04. The Balaban J connectivity index is 1.90. The van der Waals surface area contributed by atoms with Crippen LogP contribution in [0, 0.1) is 11.6 Å². The Labute approximate surface area is 98.6 Å². The monoisotopic (exact) mass is 243 g/mol. The highest BCUT2D eigenvalue weighted by Gasteiger charge is 2.13. The van der Waals surface area contributed by atoms with Crippen LogP contribution in [-0.2, 0) is 6.54 Å². The molecule has 1 nitrogen and oxygen atoms in total. The van der Waals surface area contributed by atoms with Gasteiger partial charge in [-0.05, 0) is 42.5 Å². The van der Waals surface area contributed by atoms with Crippen LogP contribution in [-0.4, -0.2) is 17.5 Å². The fraction of sp³-hybridized carbons (Fsp3) is 0.500. The molecule has 2 rings (SSSR count). The summed E-state index contributed by atoms with van der Waals surface area (Å²) in [6.07, 6.45) is 2.23. The van der Waals surface area contributed by atoms with Crippen molar-refractivity contribution in [2.24, 2.45) is 0 Å². The van der Waals surface area contributed by atoms with Gasteiger partial charge in [-0.1, -0.05) is 0 Å². The molecule has 0 spiro atoms. The predicted octanol–water partition coefficient (Wildman–Crippen LogP) is 2.95. The molecular formula is C12H15F2NS. The summed E-state index contributed by atoms with van der Waals surface area (Å²) < 4.78 is 26.2. The lowest BCUT2D eigenvalue weighted by molar-refractivity contribution is 0.471. The number of halogens is 2. The molecule has 0 unspecified atom stereocenters. The second-order valence-electron chi connectivity index (χ2n) is 4.00. The summed E-state index contributed by atoms with van der Waals surface area (Å²) in [6.45, 7) is 0.416. The maximum atomic E-state index is 13.3. The van der Waals surface area contributed by atoms with E-state index in [1.807, 2.05) is 11.8 Å². The van der Waals surface area contributed by atoms with E-state index < -0.39 is 0 Å². The van der Waals surface area contributed by atoms with E-state index in [1.165, 1.54) is 12.1 Å².